The molecule has 21 heavy (non-hydrogen) atoms. The highest BCUT2D eigenvalue weighted by Crippen LogP contribution is 2.28. The second kappa shape index (κ2) is 5.88. The fourth-order valence-electron chi connectivity index (χ4n) is 1.74. The summed E-state index contributed by atoms with van der Waals surface area (Å²) in [6, 6.07) is 7.63. The van der Waals surface area contributed by atoms with Crippen molar-refractivity contribution in [3.8, 4) is 11.8 Å². The predicted octanol–water partition coefficient (Wildman–Crippen LogP) is 1.94. The number of para-hydroxylation sites is 1. The lowest BCUT2D eigenvalue weighted by Crippen LogP contribution is -2.16. The van der Waals surface area contributed by atoms with Gasteiger partial charge in [0.05, 0.1) is 24.4 Å². The van der Waals surface area contributed by atoms with E-state index >= 15 is 0 Å². The van der Waals surface area contributed by atoms with E-state index in [1.54, 1.807) is 12.1 Å². The number of nitrogen functional groups attached to an aromatic ring is 1. The number of ether oxygens (including phenoxy) is 1. The highest BCUT2D eigenvalue weighted by atomic mass is 19.1. The summed E-state index contributed by atoms with van der Waals surface area (Å²) in [7, 11) is 1.41. The standard InChI is InChI=1S/C14H11FN4O2/c1-21-11-4-2-3-8(6-16)12(11)19-14(20)10-5-9(15)7-18-13(10)17/h2-5,7H,1H3,(H2,17,18)(H,19,20). The van der Waals surface area contributed by atoms with E-state index in [4.69, 9.17) is 15.7 Å². The van der Waals surface area contributed by atoms with Crippen LogP contribution in [0.25, 0.3) is 0 Å². The zero-order valence-corrected chi connectivity index (χ0v) is 11.1. The van der Waals surface area contributed by atoms with E-state index in [1.165, 1.54) is 13.2 Å². The van der Waals surface area contributed by atoms with E-state index in [0.717, 1.165) is 12.3 Å². The molecule has 106 valence electrons. The molecule has 2 rings (SSSR count). The molecule has 1 aromatic heterocycles. The van der Waals surface area contributed by atoms with Gasteiger partial charge in [-0.25, -0.2) is 9.37 Å². The molecule has 7 heteroatoms. The van der Waals surface area contributed by atoms with Crippen LogP contribution in [0.1, 0.15) is 15.9 Å². The fourth-order valence-corrected chi connectivity index (χ4v) is 1.74. The lowest BCUT2D eigenvalue weighted by atomic mass is 10.1. The summed E-state index contributed by atoms with van der Waals surface area (Å²) in [6.45, 7) is 0. The first-order valence-electron chi connectivity index (χ1n) is 5.86. The molecule has 6 nitrogen and oxygen atoms in total. The summed E-state index contributed by atoms with van der Waals surface area (Å²) in [5.74, 6) is -1.16. The number of hydrogen-bond donors (Lipinski definition) is 2. The van der Waals surface area contributed by atoms with Gasteiger partial charge in [-0.3, -0.25) is 4.79 Å². The van der Waals surface area contributed by atoms with Crippen LogP contribution < -0.4 is 15.8 Å². The molecule has 0 aliphatic rings. The van der Waals surface area contributed by atoms with Gasteiger partial charge >= 0.3 is 0 Å². The predicted molar refractivity (Wildman–Crippen MR) is 74.3 cm³/mol. The van der Waals surface area contributed by atoms with Gasteiger partial charge in [0.15, 0.2) is 0 Å². The molecule has 1 heterocycles. The Morgan fingerprint density at radius 2 is 2.29 bits per heavy atom. The minimum absolute atomic E-state index is 0.109. The van der Waals surface area contributed by atoms with Crippen molar-refractivity contribution >= 4 is 17.4 Å². The van der Waals surface area contributed by atoms with Crippen molar-refractivity contribution in [1.82, 2.24) is 4.98 Å². The normalized spacial score (nSPS) is 9.76. The molecule has 3 N–H and O–H groups in total. The van der Waals surface area contributed by atoms with Crippen LogP contribution in [0.3, 0.4) is 0 Å². The number of carbonyl (C=O) groups excluding carboxylic acids is 1. The zero-order valence-electron chi connectivity index (χ0n) is 11.1. The number of aromatic nitrogens is 1. The molecule has 0 spiro atoms. The van der Waals surface area contributed by atoms with Gasteiger partial charge in [0.2, 0.25) is 0 Å². The number of nitriles is 1. The highest BCUT2D eigenvalue weighted by molar-refractivity contribution is 6.08. The lowest BCUT2D eigenvalue weighted by molar-refractivity contribution is 0.102. The number of nitrogens with two attached hydrogens (primary N) is 1. The van der Waals surface area contributed by atoms with Crippen molar-refractivity contribution < 1.29 is 13.9 Å². The van der Waals surface area contributed by atoms with E-state index in [2.05, 4.69) is 10.3 Å². The number of anilines is 2. The number of carbonyl (C=O) groups is 1. The Morgan fingerprint density at radius 1 is 1.52 bits per heavy atom. The maximum absolute atomic E-state index is 13.2. The summed E-state index contributed by atoms with van der Waals surface area (Å²) in [5, 5.41) is 11.6. The Balaban J connectivity index is 2.41. The number of benzene rings is 1. The van der Waals surface area contributed by atoms with Crippen LogP contribution in [0.2, 0.25) is 0 Å². The SMILES string of the molecule is COc1cccc(C#N)c1NC(=O)c1cc(F)cnc1N. The first kappa shape index (κ1) is 14.3. The van der Waals surface area contributed by atoms with Crippen molar-refractivity contribution in [3.05, 3.63) is 47.4 Å². The van der Waals surface area contributed by atoms with E-state index in [9.17, 15) is 9.18 Å². The molecule has 0 saturated carbocycles. The van der Waals surface area contributed by atoms with Crippen LogP contribution in [-0.4, -0.2) is 18.0 Å². The maximum Gasteiger partial charge on any atom is 0.259 e. The third kappa shape index (κ3) is 2.90. The molecule has 0 bridgehead atoms. The quantitative estimate of drug-likeness (QED) is 0.897. The topological polar surface area (TPSA) is 101 Å². The van der Waals surface area contributed by atoms with Crippen LogP contribution in [0.4, 0.5) is 15.9 Å². The third-order valence-corrected chi connectivity index (χ3v) is 2.73. The maximum atomic E-state index is 13.2. The van der Waals surface area contributed by atoms with Gasteiger partial charge in [0, 0.05) is 0 Å². The summed E-state index contributed by atoms with van der Waals surface area (Å²) in [4.78, 5) is 15.7. The van der Waals surface area contributed by atoms with Gasteiger partial charge in [-0.2, -0.15) is 5.26 Å². The Labute approximate surface area is 120 Å². The van der Waals surface area contributed by atoms with Crippen molar-refractivity contribution in [2.24, 2.45) is 0 Å². The van der Waals surface area contributed by atoms with Gasteiger partial charge in [-0.05, 0) is 18.2 Å². The number of amides is 1. The van der Waals surface area contributed by atoms with Crippen molar-refractivity contribution in [2.75, 3.05) is 18.2 Å². The van der Waals surface area contributed by atoms with Crippen molar-refractivity contribution in [3.63, 3.8) is 0 Å². The lowest BCUT2D eigenvalue weighted by Gasteiger charge is -2.12. The largest absolute Gasteiger partial charge is 0.495 e. The summed E-state index contributed by atoms with van der Waals surface area (Å²) < 4.78 is 18.3. The number of pyridine rings is 1. The van der Waals surface area contributed by atoms with Gasteiger partial charge < -0.3 is 15.8 Å². The molecule has 1 aromatic carbocycles. The summed E-state index contributed by atoms with van der Waals surface area (Å²) in [5.41, 5.74) is 5.83. The van der Waals surface area contributed by atoms with Crippen molar-refractivity contribution in [1.29, 1.82) is 5.26 Å². The molecule has 0 aliphatic heterocycles. The second-order valence-electron chi connectivity index (χ2n) is 4.04. The highest BCUT2D eigenvalue weighted by Gasteiger charge is 2.16. The summed E-state index contributed by atoms with van der Waals surface area (Å²) in [6.07, 6.45) is 0.913. The molecule has 0 saturated heterocycles. The minimum atomic E-state index is -0.685. The first-order valence-corrected chi connectivity index (χ1v) is 5.86. The Bertz CT molecular complexity index is 740. The molecule has 0 atom stereocenters. The van der Waals surface area contributed by atoms with Gasteiger partial charge in [0.1, 0.15) is 29.1 Å². The van der Waals surface area contributed by atoms with Crippen molar-refractivity contribution in [2.45, 2.75) is 0 Å². The second-order valence-corrected chi connectivity index (χ2v) is 4.04. The van der Waals surface area contributed by atoms with Gasteiger partial charge in [0.25, 0.3) is 5.91 Å². The van der Waals surface area contributed by atoms with Crippen LogP contribution in [0.5, 0.6) is 5.75 Å². The van der Waals surface area contributed by atoms with E-state index in [1.807, 2.05) is 6.07 Å². The van der Waals surface area contributed by atoms with Gasteiger partial charge in [-0.1, -0.05) is 6.07 Å². The number of halogens is 1. The minimum Gasteiger partial charge on any atom is -0.495 e. The Morgan fingerprint density at radius 3 is 2.95 bits per heavy atom. The third-order valence-electron chi connectivity index (χ3n) is 2.73. The molecular formula is C14H11FN4O2. The molecule has 0 aliphatic carbocycles. The molecular weight excluding hydrogens is 275 g/mol. The number of rotatable bonds is 3. The average molecular weight is 286 g/mol. The van der Waals surface area contributed by atoms with Crippen LogP contribution in [0, 0.1) is 17.1 Å². The van der Waals surface area contributed by atoms with E-state index in [0.29, 0.717) is 5.75 Å². The van der Waals surface area contributed by atoms with E-state index in [-0.39, 0.29) is 22.6 Å². The van der Waals surface area contributed by atoms with Crippen LogP contribution in [-0.2, 0) is 0 Å². The molecule has 0 radical (unpaired) electrons. The van der Waals surface area contributed by atoms with Crippen LogP contribution >= 0.6 is 0 Å². The molecule has 0 unspecified atom stereocenters. The van der Waals surface area contributed by atoms with Gasteiger partial charge in [-0.15, -0.1) is 0 Å². The summed E-state index contributed by atoms with van der Waals surface area (Å²) >= 11 is 0. The molecule has 1 amide bonds. The number of nitrogens with one attached hydrogen (secondary N) is 1. The number of hydrogen-bond acceptors (Lipinski definition) is 5. The number of methoxy groups -OCH3 is 1. The zero-order chi connectivity index (χ0) is 15.4. The smallest absolute Gasteiger partial charge is 0.259 e. The Hall–Kier alpha value is -3.14. The van der Waals surface area contributed by atoms with E-state index < -0.39 is 11.7 Å². The molecule has 0 fully saturated rings. The monoisotopic (exact) mass is 286 g/mol. The fraction of sp³-hybridized carbons (Fsp3) is 0.0714. The first-order chi connectivity index (χ1) is 10.1. The number of nitrogens with zero attached hydrogens (tertiary/aromatic N) is 2. The van der Waals surface area contributed by atoms with Crippen LogP contribution in [0.15, 0.2) is 30.5 Å². The average Bonchev–Trinajstić information content (AvgIpc) is 2.49. The Kier molecular flexibility index (Phi) is 4.00. The molecule has 2 aromatic rings.